The van der Waals surface area contributed by atoms with Gasteiger partial charge in [-0.3, -0.25) is 9.88 Å². The molecule has 2 fully saturated rings. The van der Waals surface area contributed by atoms with Crippen molar-refractivity contribution in [2.45, 2.75) is 44.7 Å². The van der Waals surface area contributed by atoms with E-state index < -0.39 is 0 Å². The lowest BCUT2D eigenvalue weighted by Crippen LogP contribution is -2.33. The Kier molecular flexibility index (Phi) is 4.35. The van der Waals surface area contributed by atoms with Crippen LogP contribution in [0, 0.1) is 5.92 Å². The summed E-state index contributed by atoms with van der Waals surface area (Å²) in [6, 6.07) is 4.09. The van der Waals surface area contributed by atoms with Crippen LogP contribution in [0.1, 0.15) is 44.1 Å². The standard InChI is InChI=1S/C17H24N4S/c1-2-8-18-15(7-1)21-16(11-13-5-4-10-22-12-13)20-14-6-3-9-19-17(14)21/h3,6,9,13,15,18H,1-2,4-5,7-8,10-12H2. The monoisotopic (exact) mass is 316 g/mol. The molecule has 0 bridgehead atoms. The minimum Gasteiger partial charge on any atom is -0.297 e. The van der Waals surface area contributed by atoms with Crippen LogP contribution < -0.4 is 5.32 Å². The van der Waals surface area contributed by atoms with Crippen LogP contribution in [0.25, 0.3) is 11.2 Å². The molecule has 2 aliphatic rings. The first kappa shape index (κ1) is 14.5. The number of hydrogen-bond donors (Lipinski definition) is 1. The van der Waals surface area contributed by atoms with Crippen LogP contribution in [-0.4, -0.2) is 32.6 Å². The number of fused-ring (bicyclic) bond motifs is 1. The van der Waals surface area contributed by atoms with Crippen molar-refractivity contribution in [3.63, 3.8) is 0 Å². The van der Waals surface area contributed by atoms with Crippen LogP contribution in [-0.2, 0) is 6.42 Å². The molecule has 4 nitrogen and oxygen atoms in total. The summed E-state index contributed by atoms with van der Waals surface area (Å²) >= 11 is 2.10. The number of nitrogens with one attached hydrogen (secondary N) is 1. The molecule has 4 rings (SSSR count). The van der Waals surface area contributed by atoms with Gasteiger partial charge >= 0.3 is 0 Å². The fraction of sp³-hybridized carbons (Fsp3) is 0.647. The van der Waals surface area contributed by atoms with Crippen LogP contribution in [0.15, 0.2) is 18.3 Å². The van der Waals surface area contributed by atoms with Crippen molar-refractivity contribution in [2.24, 2.45) is 5.92 Å². The second kappa shape index (κ2) is 6.59. The molecule has 0 aliphatic carbocycles. The molecule has 0 aromatic carbocycles. The molecule has 0 saturated carbocycles. The third-order valence-corrected chi connectivity index (χ3v) is 6.13. The van der Waals surface area contributed by atoms with Gasteiger partial charge in [-0.25, -0.2) is 9.97 Å². The Morgan fingerprint density at radius 1 is 1.27 bits per heavy atom. The van der Waals surface area contributed by atoms with Crippen LogP contribution in [0.4, 0.5) is 0 Å². The molecular formula is C17H24N4S. The normalized spacial score (nSPS) is 26.4. The molecule has 118 valence electrons. The molecule has 2 aromatic rings. The Balaban J connectivity index is 1.68. The Bertz CT molecular complexity index is 627. The number of rotatable bonds is 3. The van der Waals surface area contributed by atoms with E-state index in [-0.39, 0.29) is 0 Å². The smallest absolute Gasteiger partial charge is 0.161 e. The third kappa shape index (κ3) is 2.88. The van der Waals surface area contributed by atoms with Gasteiger partial charge in [0.2, 0.25) is 0 Å². The van der Waals surface area contributed by atoms with Gasteiger partial charge in [-0.05, 0) is 68.2 Å². The average molecular weight is 316 g/mol. The highest BCUT2D eigenvalue weighted by Crippen LogP contribution is 2.29. The maximum absolute atomic E-state index is 4.93. The van der Waals surface area contributed by atoms with E-state index in [9.17, 15) is 0 Å². The van der Waals surface area contributed by atoms with Crippen molar-refractivity contribution in [1.29, 1.82) is 0 Å². The summed E-state index contributed by atoms with van der Waals surface area (Å²) in [5, 5.41) is 3.67. The van der Waals surface area contributed by atoms with E-state index in [0.29, 0.717) is 6.17 Å². The molecule has 2 saturated heterocycles. The summed E-state index contributed by atoms with van der Waals surface area (Å²) in [7, 11) is 0. The van der Waals surface area contributed by atoms with Gasteiger partial charge in [-0.15, -0.1) is 0 Å². The van der Waals surface area contributed by atoms with Gasteiger partial charge in [0.1, 0.15) is 11.3 Å². The van der Waals surface area contributed by atoms with Gasteiger partial charge in [0.05, 0.1) is 6.17 Å². The Morgan fingerprint density at radius 2 is 2.27 bits per heavy atom. The summed E-state index contributed by atoms with van der Waals surface area (Å²) in [4.78, 5) is 9.56. The van der Waals surface area contributed by atoms with Crippen LogP contribution in [0.5, 0.6) is 0 Å². The topological polar surface area (TPSA) is 42.7 Å². The minimum atomic E-state index is 0.375. The molecule has 0 amide bonds. The van der Waals surface area contributed by atoms with Crippen molar-refractivity contribution < 1.29 is 0 Å². The maximum Gasteiger partial charge on any atom is 0.161 e. The molecule has 2 unspecified atom stereocenters. The minimum absolute atomic E-state index is 0.375. The van der Waals surface area contributed by atoms with E-state index in [1.807, 2.05) is 12.3 Å². The molecule has 5 heteroatoms. The first-order valence-corrected chi connectivity index (χ1v) is 9.70. The van der Waals surface area contributed by atoms with Crippen molar-refractivity contribution in [2.75, 3.05) is 18.1 Å². The molecule has 0 spiro atoms. The zero-order chi connectivity index (χ0) is 14.8. The first-order chi connectivity index (χ1) is 10.9. The fourth-order valence-electron chi connectivity index (χ4n) is 3.73. The molecule has 0 radical (unpaired) electrons. The quantitative estimate of drug-likeness (QED) is 0.942. The summed E-state index contributed by atoms with van der Waals surface area (Å²) in [6.07, 6.45) is 9.84. The van der Waals surface area contributed by atoms with Crippen molar-refractivity contribution in [1.82, 2.24) is 19.9 Å². The summed E-state index contributed by atoms with van der Waals surface area (Å²) < 4.78 is 2.40. The lowest BCUT2D eigenvalue weighted by atomic mass is 10.0. The zero-order valence-electron chi connectivity index (χ0n) is 13.0. The van der Waals surface area contributed by atoms with Crippen molar-refractivity contribution in [3.05, 3.63) is 24.2 Å². The van der Waals surface area contributed by atoms with Crippen molar-refractivity contribution >= 4 is 22.9 Å². The van der Waals surface area contributed by atoms with E-state index in [0.717, 1.165) is 30.0 Å². The fourth-order valence-corrected chi connectivity index (χ4v) is 4.88. The van der Waals surface area contributed by atoms with Crippen LogP contribution in [0.2, 0.25) is 0 Å². The molecule has 2 atom stereocenters. The van der Waals surface area contributed by atoms with Gasteiger partial charge in [0.25, 0.3) is 0 Å². The van der Waals surface area contributed by atoms with Gasteiger partial charge in [0.15, 0.2) is 5.65 Å². The van der Waals surface area contributed by atoms with Crippen LogP contribution in [0.3, 0.4) is 0 Å². The highest BCUT2D eigenvalue weighted by atomic mass is 32.2. The largest absolute Gasteiger partial charge is 0.297 e. The molecule has 2 aliphatic heterocycles. The van der Waals surface area contributed by atoms with Gasteiger partial charge in [0, 0.05) is 12.6 Å². The predicted octanol–water partition coefficient (Wildman–Crippen LogP) is 3.39. The zero-order valence-corrected chi connectivity index (χ0v) is 13.8. The number of imidazole rings is 1. The highest BCUT2D eigenvalue weighted by molar-refractivity contribution is 7.99. The number of nitrogens with zero attached hydrogens (tertiary/aromatic N) is 3. The predicted molar refractivity (Wildman–Crippen MR) is 92.2 cm³/mol. The van der Waals surface area contributed by atoms with E-state index in [1.54, 1.807) is 0 Å². The Morgan fingerprint density at radius 3 is 3.09 bits per heavy atom. The summed E-state index contributed by atoms with van der Waals surface area (Å²) in [5.74, 6) is 4.63. The first-order valence-electron chi connectivity index (χ1n) is 8.55. The summed E-state index contributed by atoms with van der Waals surface area (Å²) in [6.45, 7) is 1.11. The van der Waals surface area contributed by atoms with E-state index >= 15 is 0 Å². The van der Waals surface area contributed by atoms with Gasteiger partial charge in [-0.1, -0.05) is 0 Å². The van der Waals surface area contributed by atoms with E-state index in [4.69, 9.17) is 4.98 Å². The van der Waals surface area contributed by atoms with E-state index in [1.165, 1.54) is 49.4 Å². The molecule has 2 aromatic heterocycles. The number of thioether (sulfide) groups is 1. The molecule has 22 heavy (non-hydrogen) atoms. The second-order valence-electron chi connectivity index (χ2n) is 6.50. The van der Waals surface area contributed by atoms with Crippen molar-refractivity contribution in [3.8, 4) is 0 Å². The number of aromatic nitrogens is 3. The number of piperidine rings is 1. The number of hydrogen-bond acceptors (Lipinski definition) is 4. The van der Waals surface area contributed by atoms with Crippen LogP contribution >= 0.6 is 11.8 Å². The van der Waals surface area contributed by atoms with E-state index in [2.05, 4.69) is 32.7 Å². The second-order valence-corrected chi connectivity index (χ2v) is 7.65. The summed E-state index contributed by atoms with van der Waals surface area (Å²) in [5.41, 5.74) is 2.11. The lowest BCUT2D eigenvalue weighted by Gasteiger charge is -2.28. The van der Waals surface area contributed by atoms with Gasteiger partial charge < -0.3 is 0 Å². The third-order valence-electron chi connectivity index (χ3n) is 4.84. The maximum atomic E-state index is 4.93. The number of pyridine rings is 1. The average Bonchev–Trinajstić information content (AvgIpc) is 2.94. The molecular weight excluding hydrogens is 292 g/mol. The lowest BCUT2D eigenvalue weighted by molar-refractivity contribution is 0.315. The SMILES string of the molecule is c1cnc2c(c1)nc(CC1CCCSC1)n2C1CCCCN1. The highest BCUT2D eigenvalue weighted by Gasteiger charge is 2.24. The Hall–Kier alpha value is -1.07. The van der Waals surface area contributed by atoms with Gasteiger partial charge in [-0.2, -0.15) is 11.8 Å². The molecule has 1 N–H and O–H groups in total. The molecule has 4 heterocycles. The Labute approximate surface area is 136 Å².